The zero-order valence-electron chi connectivity index (χ0n) is 17.3. The number of amides is 1. The van der Waals surface area contributed by atoms with E-state index in [9.17, 15) is 13.2 Å². The summed E-state index contributed by atoms with van der Waals surface area (Å²) in [5.41, 5.74) is -0.821. The van der Waals surface area contributed by atoms with Gasteiger partial charge in [-0.15, -0.1) is 11.3 Å². The second-order valence-corrected chi connectivity index (χ2v) is 12.7. The van der Waals surface area contributed by atoms with Crippen LogP contribution in [-0.2, 0) is 19.5 Å². The molecule has 2 aliphatic carbocycles. The summed E-state index contributed by atoms with van der Waals surface area (Å²) in [6, 6.07) is 2.40. The molecule has 0 radical (unpaired) electrons. The molecule has 4 fully saturated rings. The van der Waals surface area contributed by atoms with Crippen LogP contribution in [0.3, 0.4) is 0 Å². The Morgan fingerprint density at radius 1 is 1.26 bits per heavy atom. The van der Waals surface area contributed by atoms with Gasteiger partial charge >= 0.3 is 6.09 Å². The number of morpholine rings is 1. The Morgan fingerprint density at radius 3 is 2.61 bits per heavy atom. The Labute approximate surface area is 191 Å². The number of carbonyl (C=O) groups excluding carboxylic acids is 1. The average Bonchev–Trinajstić information content (AvgIpc) is 3.69. The summed E-state index contributed by atoms with van der Waals surface area (Å²) in [5.74, 6) is 0.538. The normalized spacial score (nSPS) is 29.0. The molecule has 1 N–H and O–H groups in total. The van der Waals surface area contributed by atoms with Gasteiger partial charge in [-0.05, 0) is 37.3 Å². The van der Waals surface area contributed by atoms with Crippen molar-refractivity contribution in [3.63, 3.8) is 0 Å². The highest BCUT2D eigenvalue weighted by Gasteiger charge is 2.61. The Kier molecular flexibility index (Phi) is 5.98. The maximum Gasteiger partial charge on any atom is 0.410 e. The molecule has 0 aromatic carbocycles. The number of nitrogens with zero attached hydrogens (tertiary/aromatic N) is 2. The Balaban J connectivity index is 1.43. The topological polar surface area (TPSA) is 88.2 Å². The maximum absolute atomic E-state index is 13.7. The monoisotopic (exact) mass is 489 g/mol. The number of thiophene rings is 1. The van der Waals surface area contributed by atoms with Crippen LogP contribution in [0.4, 0.5) is 4.79 Å². The number of ether oxygens (including phenoxy) is 2. The first-order valence-electron chi connectivity index (χ1n) is 10.9. The molecule has 2 aliphatic heterocycles. The summed E-state index contributed by atoms with van der Waals surface area (Å²) in [5, 5.41) is 3.22. The number of halogens is 1. The lowest BCUT2D eigenvalue weighted by Crippen LogP contribution is -2.61. The van der Waals surface area contributed by atoms with Crippen LogP contribution >= 0.6 is 22.9 Å². The van der Waals surface area contributed by atoms with Crippen LogP contribution in [0, 0.1) is 5.92 Å². The first kappa shape index (κ1) is 21.9. The Hall–Kier alpha value is -0.910. The van der Waals surface area contributed by atoms with Crippen molar-refractivity contribution in [1.82, 2.24) is 14.5 Å². The molecule has 0 unspecified atom stereocenters. The van der Waals surface area contributed by atoms with E-state index in [1.165, 1.54) is 0 Å². The number of sulfonamides is 1. The maximum atomic E-state index is 13.7. The molecular formula is C20H28ClN3O5S2. The largest absolute Gasteiger partial charge is 0.441 e. The third kappa shape index (κ3) is 4.47. The summed E-state index contributed by atoms with van der Waals surface area (Å²) < 4.78 is 41.7. The lowest BCUT2D eigenvalue weighted by atomic mass is 10.0. The van der Waals surface area contributed by atoms with Crippen molar-refractivity contribution in [2.45, 2.75) is 54.0 Å². The van der Waals surface area contributed by atoms with Gasteiger partial charge in [0, 0.05) is 32.2 Å². The molecule has 5 rings (SSSR count). The van der Waals surface area contributed by atoms with Gasteiger partial charge in [-0.25, -0.2) is 13.2 Å². The lowest BCUT2D eigenvalue weighted by Gasteiger charge is -2.44. The first-order valence-corrected chi connectivity index (χ1v) is 13.6. The Bertz CT molecular complexity index is 925. The number of hydrogen-bond acceptors (Lipinski definition) is 7. The fraction of sp³-hybridized carbons (Fsp3) is 0.750. The zero-order valence-corrected chi connectivity index (χ0v) is 19.7. The van der Waals surface area contributed by atoms with E-state index in [1.54, 1.807) is 21.3 Å². The van der Waals surface area contributed by atoms with Crippen molar-refractivity contribution in [2.75, 3.05) is 39.4 Å². The van der Waals surface area contributed by atoms with Gasteiger partial charge in [0.05, 0.1) is 23.6 Å². The van der Waals surface area contributed by atoms with Crippen LogP contribution in [0.25, 0.3) is 0 Å². The van der Waals surface area contributed by atoms with E-state index >= 15 is 0 Å². The molecule has 0 bridgehead atoms. The van der Waals surface area contributed by atoms with Gasteiger partial charge in [-0.1, -0.05) is 24.4 Å². The molecule has 1 aromatic rings. The molecule has 31 heavy (non-hydrogen) atoms. The summed E-state index contributed by atoms with van der Waals surface area (Å²) >= 11 is 7.13. The highest BCUT2D eigenvalue weighted by atomic mass is 35.5. The average molecular weight is 490 g/mol. The number of rotatable bonds is 6. The lowest BCUT2D eigenvalue weighted by molar-refractivity contribution is -0.0737. The van der Waals surface area contributed by atoms with Gasteiger partial charge in [0.2, 0.25) is 0 Å². The molecule has 2 saturated heterocycles. The SMILES string of the molecule is O=C(OC1([C@H]2COC[C@@H](CC3CC3)N2S(=O)(=O)c2ccc(Cl)s2)CC1)N1CCNCC1. The molecule has 172 valence electrons. The van der Waals surface area contributed by atoms with E-state index in [-0.39, 0.29) is 23.0 Å². The van der Waals surface area contributed by atoms with Crippen molar-refractivity contribution in [3.8, 4) is 0 Å². The van der Waals surface area contributed by atoms with Crippen LogP contribution in [0.5, 0.6) is 0 Å². The van der Waals surface area contributed by atoms with Crippen molar-refractivity contribution in [1.29, 1.82) is 0 Å². The van der Waals surface area contributed by atoms with E-state index < -0.39 is 21.7 Å². The molecular weight excluding hydrogens is 462 g/mol. The standard InChI is InChI=1S/C20H28ClN3O5S2/c21-17-3-4-18(30-17)31(26,27)24-15(11-14-1-2-14)12-28-13-16(24)20(5-6-20)29-19(25)23-9-7-22-8-10-23/h3-4,14-16,22H,1-2,5-13H2/t15-,16-/m1/s1. The summed E-state index contributed by atoms with van der Waals surface area (Å²) in [6.45, 7) is 3.25. The van der Waals surface area contributed by atoms with E-state index in [0.29, 0.717) is 42.8 Å². The number of piperazine rings is 1. The van der Waals surface area contributed by atoms with Crippen LogP contribution in [0.1, 0.15) is 32.1 Å². The number of hydrogen-bond donors (Lipinski definition) is 1. The van der Waals surface area contributed by atoms with Crippen molar-refractivity contribution >= 4 is 39.1 Å². The third-order valence-electron chi connectivity index (χ3n) is 6.65. The minimum Gasteiger partial charge on any atom is -0.441 e. The van der Waals surface area contributed by atoms with Crippen molar-refractivity contribution < 1.29 is 22.7 Å². The second kappa shape index (κ2) is 8.46. The molecule has 2 atom stereocenters. The molecule has 2 saturated carbocycles. The van der Waals surface area contributed by atoms with Gasteiger partial charge in [-0.3, -0.25) is 0 Å². The minimum absolute atomic E-state index is 0.230. The van der Waals surface area contributed by atoms with Gasteiger partial charge in [0.15, 0.2) is 0 Å². The van der Waals surface area contributed by atoms with Crippen LogP contribution in [0.15, 0.2) is 16.3 Å². The Morgan fingerprint density at radius 2 is 2.00 bits per heavy atom. The molecule has 11 heteroatoms. The van der Waals surface area contributed by atoms with E-state index in [0.717, 1.165) is 43.7 Å². The highest BCUT2D eigenvalue weighted by Crippen LogP contribution is 2.49. The van der Waals surface area contributed by atoms with Gasteiger partial charge in [-0.2, -0.15) is 4.31 Å². The molecule has 0 spiro atoms. The van der Waals surface area contributed by atoms with Crippen LogP contribution in [-0.4, -0.2) is 80.8 Å². The van der Waals surface area contributed by atoms with Crippen LogP contribution in [0.2, 0.25) is 4.34 Å². The quantitative estimate of drug-likeness (QED) is 0.660. The fourth-order valence-corrected chi connectivity index (χ4v) is 8.07. The van der Waals surface area contributed by atoms with Crippen molar-refractivity contribution in [3.05, 3.63) is 16.5 Å². The predicted octanol–water partition coefficient (Wildman–Crippen LogP) is 2.53. The van der Waals surface area contributed by atoms with E-state index in [1.807, 2.05) is 0 Å². The number of nitrogens with one attached hydrogen (secondary N) is 1. The third-order valence-corrected chi connectivity index (χ3v) is 10.3. The highest BCUT2D eigenvalue weighted by molar-refractivity contribution is 7.91. The van der Waals surface area contributed by atoms with E-state index in [2.05, 4.69) is 5.32 Å². The predicted molar refractivity (Wildman–Crippen MR) is 117 cm³/mol. The summed E-state index contributed by atoms with van der Waals surface area (Å²) in [6.07, 6.45) is 3.96. The first-order chi connectivity index (χ1) is 14.9. The fourth-order valence-electron chi connectivity index (χ4n) is 4.63. The van der Waals surface area contributed by atoms with Gasteiger partial charge < -0.3 is 19.7 Å². The zero-order chi connectivity index (χ0) is 21.6. The molecule has 1 aromatic heterocycles. The van der Waals surface area contributed by atoms with Gasteiger partial charge in [0.25, 0.3) is 10.0 Å². The van der Waals surface area contributed by atoms with Gasteiger partial charge in [0.1, 0.15) is 9.81 Å². The molecule has 8 nitrogen and oxygen atoms in total. The second-order valence-electron chi connectivity index (χ2n) is 8.95. The van der Waals surface area contributed by atoms with Crippen LogP contribution < -0.4 is 5.32 Å². The van der Waals surface area contributed by atoms with Crippen molar-refractivity contribution in [2.24, 2.45) is 5.92 Å². The minimum atomic E-state index is -3.79. The molecule has 4 aliphatic rings. The summed E-state index contributed by atoms with van der Waals surface area (Å²) in [4.78, 5) is 14.5. The number of carbonyl (C=O) groups is 1. The molecule has 3 heterocycles. The van der Waals surface area contributed by atoms with E-state index in [4.69, 9.17) is 21.1 Å². The summed E-state index contributed by atoms with van der Waals surface area (Å²) in [7, 11) is -3.79. The molecule has 1 amide bonds. The smallest absolute Gasteiger partial charge is 0.410 e.